The number of nitrogens with two attached hydrogens (primary N) is 1. The van der Waals surface area contributed by atoms with Crippen molar-refractivity contribution in [1.29, 1.82) is 0 Å². The number of amides is 1. The van der Waals surface area contributed by atoms with Crippen LogP contribution in [0.2, 0.25) is 0 Å². The number of aryl methyl sites for hydroxylation is 1. The van der Waals surface area contributed by atoms with Crippen LogP contribution in [0.5, 0.6) is 0 Å². The fraction of sp³-hybridized carbons (Fsp3) is 0.478. The number of carbonyl (C=O) groups is 1. The number of ether oxygens (including phenoxy) is 1. The number of hydrogen-bond donors (Lipinski definition) is 2. The number of anilines is 2. The van der Waals surface area contributed by atoms with E-state index in [9.17, 15) is 13.6 Å². The summed E-state index contributed by atoms with van der Waals surface area (Å²) in [5.74, 6) is -4.49. The Bertz CT molecular complexity index is 1320. The van der Waals surface area contributed by atoms with Crippen molar-refractivity contribution in [2.24, 2.45) is 11.1 Å². The third-order valence-corrected chi connectivity index (χ3v) is 7.65. The summed E-state index contributed by atoms with van der Waals surface area (Å²) in [6.07, 6.45) is 6.62. The largest absolute Gasteiger partial charge is 0.376 e. The number of rotatable bonds is 2. The topological polar surface area (TPSA) is 111 Å². The molecule has 2 fully saturated rings. The van der Waals surface area contributed by atoms with Gasteiger partial charge in [-0.25, -0.2) is 15.0 Å². The maximum atomic E-state index is 14.8. The fourth-order valence-corrected chi connectivity index (χ4v) is 5.62. The normalized spacial score (nSPS) is 25.2. The molecule has 9 nitrogen and oxygen atoms in total. The van der Waals surface area contributed by atoms with E-state index in [1.165, 1.54) is 12.3 Å². The van der Waals surface area contributed by atoms with Crippen LogP contribution < -0.4 is 16.0 Å². The Hall–Kier alpha value is -3.18. The van der Waals surface area contributed by atoms with Crippen molar-refractivity contribution in [3.8, 4) is 11.1 Å². The average Bonchev–Trinajstić information content (AvgIpc) is 3.46. The van der Waals surface area contributed by atoms with Gasteiger partial charge in [0.05, 0.1) is 24.0 Å². The highest BCUT2D eigenvalue weighted by Gasteiger charge is 2.51. The molecule has 3 aromatic heterocycles. The minimum Gasteiger partial charge on any atom is -0.376 e. The predicted octanol–water partition coefficient (Wildman–Crippen LogP) is 2.48. The molecule has 11 heteroatoms. The number of pyridine rings is 1. The molecule has 0 saturated carbocycles. The molecular formula is C23H25F2N7O2. The first-order valence-electron chi connectivity index (χ1n) is 11.4. The van der Waals surface area contributed by atoms with Crippen LogP contribution in [0.1, 0.15) is 31.0 Å². The number of halogens is 2. The summed E-state index contributed by atoms with van der Waals surface area (Å²) in [4.78, 5) is 27.3. The van der Waals surface area contributed by atoms with Gasteiger partial charge in [0, 0.05) is 54.3 Å². The van der Waals surface area contributed by atoms with Crippen molar-refractivity contribution in [3.63, 3.8) is 0 Å². The molecule has 34 heavy (non-hydrogen) atoms. The molecule has 2 saturated heterocycles. The maximum absolute atomic E-state index is 14.8. The van der Waals surface area contributed by atoms with Crippen molar-refractivity contribution in [2.75, 3.05) is 29.9 Å². The van der Waals surface area contributed by atoms with Crippen LogP contribution in [0.4, 0.5) is 20.5 Å². The van der Waals surface area contributed by atoms with Gasteiger partial charge in [0.15, 0.2) is 0 Å². The van der Waals surface area contributed by atoms with Gasteiger partial charge in [0.25, 0.3) is 0 Å². The second-order valence-corrected chi connectivity index (χ2v) is 9.50. The van der Waals surface area contributed by atoms with Gasteiger partial charge >= 0.3 is 11.8 Å². The quantitative estimate of drug-likeness (QED) is 0.593. The number of fused-ring (bicyclic) bond motifs is 2. The van der Waals surface area contributed by atoms with Gasteiger partial charge in [-0.15, -0.1) is 0 Å². The van der Waals surface area contributed by atoms with E-state index in [1.54, 1.807) is 19.3 Å². The summed E-state index contributed by atoms with van der Waals surface area (Å²) >= 11 is 0. The molecule has 3 aromatic rings. The molecule has 0 aliphatic carbocycles. The van der Waals surface area contributed by atoms with Crippen LogP contribution in [0.3, 0.4) is 0 Å². The van der Waals surface area contributed by atoms with Crippen LogP contribution >= 0.6 is 0 Å². The molecule has 3 N–H and O–H groups in total. The molecule has 6 rings (SSSR count). The van der Waals surface area contributed by atoms with Gasteiger partial charge in [0.2, 0.25) is 5.95 Å². The molecule has 178 valence electrons. The molecule has 6 heterocycles. The standard InChI is InChI=1S/C23H25F2N7O2/c1-12-15(14-3-6-27-18-16(14)23(24,25)20(33)30-18)19-28-7-10-32(19)21(29-12)31-8-4-22(5-9-31)11-34-13(2)17(22)26/h3,6-7,10,13,17H,4-5,8-9,11,26H2,1-2H3,(H,27,30,33). The zero-order chi connectivity index (χ0) is 23.8. The Morgan fingerprint density at radius 3 is 2.71 bits per heavy atom. The van der Waals surface area contributed by atoms with Crippen molar-refractivity contribution in [3.05, 3.63) is 35.9 Å². The monoisotopic (exact) mass is 469 g/mol. The van der Waals surface area contributed by atoms with Crippen molar-refractivity contribution < 1.29 is 18.3 Å². The first kappa shape index (κ1) is 21.4. The molecule has 2 unspecified atom stereocenters. The number of hydrogen-bond acceptors (Lipinski definition) is 7. The zero-order valence-corrected chi connectivity index (χ0v) is 18.9. The molecule has 0 radical (unpaired) electrons. The van der Waals surface area contributed by atoms with Crippen LogP contribution in [-0.2, 0) is 15.5 Å². The Morgan fingerprint density at radius 2 is 2.00 bits per heavy atom. The summed E-state index contributed by atoms with van der Waals surface area (Å²) in [5.41, 5.74) is 7.70. The lowest BCUT2D eigenvalue weighted by Gasteiger charge is -2.41. The lowest BCUT2D eigenvalue weighted by atomic mass is 9.73. The van der Waals surface area contributed by atoms with E-state index in [1.807, 2.05) is 11.3 Å². The van der Waals surface area contributed by atoms with Crippen LogP contribution in [-0.4, -0.2) is 57.1 Å². The highest BCUT2D eigenvalue weighted by Crippen LogP contribution is 2.47. The van der Waals surface area contributed by atoms with E-state index in [0.717, 1.165) is 25.9 Å². The highest BCUT2D eigenvalue weighted by atomic mass is 19.3. The van der Waals surface area contributed by atoms with Gasteiger partial charge in [-0.3, -0.25) is 9.20 Å². The summed E-state index contributed by atoms with van der Waals surface area (Å²) in [6.45, 7) is 5.97. The van der Waals surface area contributed by atoms with E-state index >= 15 is 0 Å². The van der Waals surface area contributed by atoms with Crippen molar-refractivity contribution in [2.45, 2.75) is 44.8 Å². The molecule has 3 aliphatic heterocycles. The molecule has 2 atom stereocenters. The van der Waals surface area contributed by atoms with Crippen molar-refractivity contribution in [1.82, 2.24) is 19.4 Å². The summed E-state index contributed by atoms with van der Waals surface area (Å²) in [5, 5.41) is 2.18. The SMILES string of the molecule is Cc1nc(N2CCC3(CC2)COC(C)C3N)n2ccnc2c1-c1ccnc2c1C(F)(F)C(=O)N2. The number of piperidine rings is 1. The Balaban J connectivity index is 1.41. The summed E-state index contributed by atoms with van der Waals surface area (Å²) in [6, 6.07) is 1.49. The van der Waals surface area contributed by atoms with E-state index < -0.39 is 17.4 Å². The van der Waals surface area contributed by atoms with Crippen molar-refractivity contribution >= 4 is 23.3 Å². The summed E-state index contributed by atoms with van der Waals surface area (Å²) < 4.78 is 37.2. The molecule has 0 bridgehead atoms. The first-order chi connectivity index (χ1) is 16.2. The van der Waals surface area contributed by atoms with Gasteiger partial charge in [-0.1, -0.05) is 0 Å². The predicted molar refractivity (Wildman–Crippen MR) is 121 cm³/mol. The van der Waals surface area contributed by atoms with Gasteiger partial charge < -0.3 is 20.7 Å². The molecule has 0 aromatic carbocycles. The number of nitrogens with one attached hydrogen (secondary N) is 1. The molecule has 1 spiro atoms. The van der Waals surface area contributed by atoms with E-state index in [2.05, 4.69) is 20.2 Å². The van der Waals surface area contributed by atoms with Crippen LogP contribution in [0, 0.1) is 12.3 Å². The van der Waals surface area contributed by atoms with E-state index in [-0.39, 0.29) is 28.9 Å². The highest BCUT2D eigenvalue weighted by molar-refractivity contribution is 6.06. The van der Waals surface area contributed by atoms with Gasteiger partial charge in [-0.05, 0) is 32.8 Å². The fourth-order valence-electron chi connectivity index (χ4n) is 5.62. The number of carbonyl (C=O) groups excluding carboxylic acids is 1. The number of alkyl halides is 2. The van der Waals surface area contributed by atoms with Gasteiger partial charge in [-0.2, -0.15) is 8.78 Å². The smallest absolute Gasteiger partial charge is 0.354 e. The van der Waals surface area contributed by atoms with Crippen LogP contribution in [0.15, 0.2) is 24.7 Å². The molecule has 1 amide bonds. The minimum atomic E-state index is -3.69. The average molecular weight is 469 g/mol. The number of imidazole rings is 1. The maximum Gasteiger partial charge on any atom is 0.354 e. The minimum absolute atomic E-state index is 0.00626. The Morgan fingerprint density at radius 1 is 1.24 bits per heavy atom. The van der Waals surface area contributed by atoms with E-state index in [0.29, 0.717) is 29.5 Å². The number of nitrogens with zero attached hydrogens (tertiary/aromatic N) is 5. The molecule has 3 aliphatic rings. The lowest BCUT2D eigenvalue weighted by molar-refractivity contribution is -0.139. The first-order valence-corrected chi connectivity index (χ1v) is 11.4. The third-order valence-electron chi connectivity index (χ3n) is 7.65. The second kappa shape index (κ2) is 7.16. The Labute approximate surface area is 194 Å². The summed E-state index contributed by atoms with van der Waals surface area (Å²) in [7, 11) is 0. The van der Waals surface area contributed by atoms with E-state index in [4.69, 9.17) is 15.5 Å². The Kier molecular flexibility index (Phi) is 4.50. The molecular weight excluding hydrogens is 444 g/mol. The van der Waals surface area contributed by atoms with Crippen LogP contribution in [0.25, 0.3) is 16.8 Å². The van der Waals surface area contributed by atoms with Gasteiger partial charge in [0.1, 0.15) is 11.5 Å². The zero-order valence-electron chi connectivity index (χ0n) is 18.9. The third kappa shape index (κ3) is 2.83. The number of aromatic nitrogens is 4. The lowest BCUT2D eigenvalue weighted by Crippen LogP contribution is -2.51. The second-order valence-electron chi connectivity index (χ2n) is 9.50.